The van der Waals surface area contributed by atoms with E-state index in [0.29, 0.717) is 0 Å². The highest BCUT2D eigenvalue weighted by Crippen LogP contribution is 2.36. The second-order valence-electron chi connectivity index (χ2n) is 8.70. The first kappa shape index (κ1) is 26.0. The minimum Gasteiger partial charge on any atom is -0.444 e. The Bertz CT molecular complexity index is 586. The summed E-state index contributed by atoms with van der Waals surface area (Å²) in [6.07, 6.45) is -1.75. The summed E-state index contributed by atoms with van der Waals surface area (Å²) in [6.45, 7) is 12.5. The molecule has 5 atom stereocenters. The van der Waals surface area contributed by atoms with Gasteiger partial charge in [0.25, 0.3) is 0 Å². The molecule has 0 spiro atoms. The highest BCUT2D eigenvalue weighted by atomic mass is 16.7. The largest absolute Gasteiger partial charge is 0.508 e. The van der Waals surface area contributed by atoms with E-state index in [0.717, 1.165) is 12.8 Å². The van der Waals surface area contributed by atoms with Gasteiger partial charge in [0.1, 0.15) is 11.7 Å². The van der Waals surface area contributed by atoms with Crippen molar-refractivity contribution >= 4 is 18.2 Å². The van der Waals surface area contributed by atoms with Crippen LogP contribution in [0.3, 0.4) is 0 Å². The summed E-state index contributed by atoms with van der Waals surface area (Å²) in [4.78, 5) is 36.1. The topological polar surface area (TPSA) is 123 Å². The van der Waals surface area contributed by atoms with Crippen LogP contribution in [0.4, 0.5) is 9.59 Å². The van der Waals surface area contributed by atoms with Crippen LogP contribution in [0, 0.1) is 11.8 Å². The molecule has 1 fully saturated rings. The highest BCUT2D eigenvalue weighted by Gasteiger charge is 2.50. The second-order valence-corrected chi connectivity index (χ2v) is 8.70. The van der Waals surface area contributed by atoms with Crippen molar-refractivity contribution in [3.8, 4) is 0 Å². The lowest BCUT2D eigenvalue weighted by atomic mass is 9.81. The summed E-state index contributed by atoms with van der Waals surface area (Å²) in [7, 11) is 0. The molecule has 174 valence electrons. The van der Waals surface area contributed by atoms with E-state index in [4.69, 9.17) is 14.2 Å². The minimum absolute atomic E-state index is 0.0674. The number of carbonyl (C=O) groups excluding carboxylic acids is 3. The molecule has 3 N–H and O–H groups in total. The molecule has 0 aliphatic heterocycles. The first-order chi connectivity index (χ1) is 13.9. The Morgan fingerprint density at radius 3 is 2.20 bits per heavy atom. The zero-order valence-electron chi connectivity index (χ0n) is 19.2. The third-order valence-electron chi connectivity index (χ3n) is 5.28. The second kappa shape index (κ2) is 11.4. The van der Waals surface area contributed by atoms with Gasteiger partial charge in [-0.2, -0.15) is 0 Å². The van der Waals surface area contributed by atoms with Crippen LogP contribution in [0.5, 0.6) is 0 Å². The number of hydrogen-bond donors (Lipinski definition) is 3. The van der Waals surface area contributed by atoms with Crippen molar-refractivity contribution in [2.45, 2.75) is 97.6 Å². The van der Waals surface area contributed by atoms with Crippen LogP contribution >= 0.6 is 0 Å². The number of ether oxygens (including phenoxy) is 3. The number of rotatable bonds is 8. The number of nitrogens with one attached hydrogen (secondary N) is 2. The molecule has 9 heteroatoms. The Morgan fingerprint density at radius 1 is 1.13 bits per heavy atom. The Labute approximate surface area is 179 Å². The predicted octanol–water partition coefficient (Wildman–Crippen LogP) is 2.74. The van der Waals surface area contributed by atoms with Crippen molar-refractivity contribution in [3.63, 3.8) is 0 Å². The van der Waals surface area contributed by atoms with Gasteiger partial charge in [-0.05, 0) is 33.6 Å². The smallest absolute Gasteiger partial charge is 0.444 e. The zero-order valence-corrected chi connectivity index (χ0v) is 19.2. The quantitative estimate of drug-likeness (QED) is 0.506. The van der Waals surface area contributed by atoms with Crippen molar-refractivity contribution in [1.82, 2.24) is 10.6 Å². The number of hydrogen-bond acceptors (Lipinski definition) is 7. The molecule has 0 radical (unpaired) electrons. The van der Waals surface area contributed by atoms with Gasteiger partial charge in [0, 0.05) is 31.3 Å². The van der Waals surface area contributed by atoms with Crippen LogP contribution in [0.25, 0.3) is 0 Å². The van der Waals surface area contributed by atoms with Gasteiger partial charge < -0.3 is 30.0 Å². The maximum Gasteiger partial charge on any atom is 0.508 e. The molecule has 1 aliphatic rings. The van der Waals surface area contributed by atoms with Gasteiger partial charge in [-0.1, -0.05) is 26.7 Å². The van der Waals surface area contributed by atoms with Crippen LogP contribution in [0.1, 0.15) is 67.7 Å². The molecular weight excluding hydrogens is 392 g/mol. The molecule has 0 saturated heterocycles. The van der Waals surface area contributed by atoms with E-state index in [1.54, 1.807) is 27.7 Å². The number of aliphatic hydroxyl groups is 1. The Balaban J connectivity index is 3.17. The van der Waals surface area contributed by atoms with Crippen LogP contribution in [-0.2, 0) is 19.0 Å². The molecule has 1 rings (SSSR count). The lowest BCUT2D eigenvalue weighted by molar-refractivity contribution is -0.121. The predicted molar refractivity (Wildman–Crippen MR) is 111 cm³/mol. The van der Waals surface area contributed by atoms with Crippen LogP contribution in [0.2, 0.25) is 0 Å². The first-order valence-electron chi connectivity index (χ1n) is 10.7. The van der Waals surface area contributed by atoms with Crippen molar-refractivity contribution < 1.29 is 33.7 Å². The molecule has 30 heavy (non-hydrogen) atoms. The highest BCUT2D eigenvalue weighted by molar-refractivity contribution is 5.73. The Hall–Kier alpha value is -2.03. The standard InChI is InChI=1S/C21H38N2O7/c1-8-13(9-2)17(22-12(4)24)16-14(23-19(26)30-21(5,6)7)11-15(18(16)25)29-20(27)28-10-3/h13-18,25H,8-11H2,1-7H3,(H,22,24)(H,23,26)/t14-,15+,16-,17+,18-/m0/s1. The lowest BCUT2D eigenvalue weighted by Crippen LogP contribution is -2.54. The fourth-order valence-corrected chi connectivity index (χ4v) is 4.06. The van der Waals surface area contributed by atoms with Crippen LogP contribution in [-0.4, -0.2) is 59.8 Å². The molecule has 0 heterocycles. The molecule has 9 nitrogen and oxygen atoms in total. The SMILES string of the molecule is CCOC(=O)O[C@@H]1C[C@H](NC(=O)OC(C)(C)C)[C@@H]([C@H](NC(C)=O)C(CC)CC)[C@H]1O. The number of alkyl carbamates (subject to hydrolysis) is 1. The monoisotopic (exact) mass is 430 g/mol. The van der Waals surface area contributed by atoms with Crippen LogP contribution < -0.4 is 10.6 Å². The van der Waals surface area contributed by atoms with E-state index in [1.807, 2.05) is 13.8 Å². The molecule has 0 aromatic rings. The molecule has 0 unspecified atom stereocenters. The summed E-state index contributed by atoms with van der Waals surface area (Å²) in [5, 5.41) is 16.8. The summed E-state index contributed by atoms with van der Waals surface area (Å²) < 4.78 is 15.5. The average Bonchev–Trinajstić information content (AvgIpc) is 2.88. The third-order valence-corrected chi connectivity index (χ3v) is 5.28. The summed E-state index contributed by atoms with van der Waals surface area (Å²) in [6, 6.07) is -0.977. The fourth-order valence-electron chi connectivity index (χ4n) is 4.06. The van der Waals surface area contributed by atoms with Gasteiger partial charge >= 0.3 is 12.2 Å². The molecule has 1 aliphatic carbocycles. The van der Waals surface area contributed by atoms with Crippen molar-refractivity contribution in [3.05, 3.63) is 0 Å². The summed E-state index contributed by atoms with van der Waals surface area (Å²) in [5.41, 5.74) is -0.690. The lowest BCUT2D eigenvalue weighted by Gasteiger charge is -2.36. The Kier molecular flexibility index (Phi) is 9.87. The fraction of sp³-hybridized carbons (Fsp3) is 0.857. The van der Waals surface area contributed by atoms with E-state index in [1.165, 1.54) is 6.92 Å². The molecule has 1 saturated carbocycles. The van der Waals surface area contributed by atoms with E-state index >= 15 is 0 Å². The zero-order chi connectivity index (χ0) is 23.1. The van der Waals surface area contributed by atoms with Gasteiger partial charge in [-0.25, -0.2) is 9.59 Å². The summed E-state index contributed by atoms with van der Waals surface area (Å²) >= 11 is 0. The van der Waals surface area contributed by atoms with Gasteiger partial charge in [0.15, 0.2) is 0 Å². The van der Waals surface area contributed by atoms with E-state index in [-0.39, 0.29) is 24.9 Å². The number of carbonyl (C=O) groups is 3. The first-order valence-corrected chi connectivity index (χ1v) is 10.7. The maximum absolute atomic E-state index is 12.4. The Morgan fingerprint density at radius 2 is 1.73 bits per heavy atom. The number of aliphatic hydroxyl groups excluding tert-OH is 1. The molecular formula is C21H38N2O7. The van der Waals surface area contributed by atoms with Crippen molar-refractivity contribution in [2.75, 3.05) is 6.61 Å². The van der Waals surface area contributed by atoms with Gasteiger partial charge in [-0.15, -0.1) is 0 Å². The molecule has 2 amide bonds. The average molecular weight is 431 g/mol. The van der Waals surface area contributed by atoms with Crippen LogP contribution in [0.15, 0.2) is 0 Å². The number of amides is 2. The van der Waals surface area contributed by atoms with Gasteiger partial charge in [-0.3, -0.25) is 4.79 Å². The van der Waals surface area contributed by atoms with E-state index in [2.05, 4.69) is 10.6 Å². The van der Waals surface area contributed by atoms with Crippen molar-refractivity contribution in [2.24, 2.45) is 11.8 Å². The maximum atomic E-state index is 12.4. The van der Waals surface area contributed by atoms with E-state index < -0.39 is 48.1 Å². The normalized spacial score (nSPS) is 24.8. The van der Waals surface area contributed by atoms with E-state index in [9.17, 15) is 19.5 Å². The molecule has 0 bridgehead atoms. The third kappa shape index (κ3) is 7.66. The summed E-state index contributed by atoms with van der Waals surface area (Å²) in [5.74, 6) is -0.728. The van der Waals surface area contributed by atoms with Gasteiger partial charge in [0.2, 0.25) is 5.91 Å². The van der Waals surface area contributed by atoms with Gasteiger partial charge in [0.05, 0.1) is 12.7 Å². The minimum atomic E-state index is -1.09. The van der Waals surface area contributed by atoms with Crippen molar-refractivity contribution in [1.29, 1.82) is 0 Å². The molecule has 0 aromatic carbocycles. The molecule has 0 aromatic heterocycles.